The molecule has 172 valence electrons. The van der Waals surface area contributed by atoms with Crippen LogP contribution < -0.4 is 11.1 Å². The summed E-state index contributed by atoms with van der Waals surface area (Å²) in [5, 5.41) is 3.01. The van der Waals surface area contributed by atoms with Crippen LogP contribution in [-0.2, 0) is 25.5 Å². The van der Waals surface area contributed by atoms with Crippen molar-refractivity contribution in [1.29, 1.82) is 0 Å². The number of hydrogen-bond donors (Lipinski definition) is 2. The number of hydrogen-bond acceptors (Lipinski definition) is 7. The highest BCUT2D eigenvalue weighted by Crippen LogP contribution is 2.26. The first kappa shape index (κ1) is 25.2. The molecule has 0 bridgehead atoms. The van der Waals surface area contributed by atoms with E-state index < -0.39 is 29.6 Å². The number of carbonyl (C=O) groups is 3. The minimum atomic E-state index is -1.54. The number of nitrogens with zero attached hydrogens (tertiary/aromatic N) is 1. The molecular weight excluding hydrogens is 394 g/mol. The summed E-state index contributed by atoms with van der Waals surface area (Å²) in [5.41, 5.74) is 5.60. The molecule has 0 aromatic heterocycles. The third kappa shape index (κ3) is 5.79. The Labute approximate surface area is 185 Å². The van der Waals surface area contributed by atoms with Crippen molar-refractivity contribution in [2.45, 2.75) is 71.0 Å². The van der Waals surface area contributed by atoms with Gasteiger partial charge in [0.1, 0.15) is 6.04 Å². The second-order valence-electron chi connectivity index (χ2n) is 8.35. The van der Waals surface area contributed by atoms with E-state index in [0.717, 1.165) is 12.0 Å². The Morgan fingerprint density at radius 3 is 2.32 bits per heavy atom. The molecule has 1 heterocycles. The van der Waals surface area contributed by atoms with Gasteiger partial charge in [0.2, 0.25) is 0 Å². The van der Waals surface area contributed by atoms with Crippen LogP contribution in [0.15, 0.2) is 30.3 Å². The summed E-state index contributed by atoms with van der Waals surface area (Å²) in [7, 11) is 0. The van der Waals surface area contributed by atoms with Gasteiger partial charge in [-0.2, -0.15) is 0 Å². The lowest BCUT2D eigenvalue weighted by Gasteiger charge is -2.32. The van der Waals surface area contributed by atoms with Gasteiger partial charge < -0.3 is 10.5 Å². The first-order valence-corrected chi connectivity index (χ1v) is 11.4. The molecule has 1 aliphatic rings. The van der Waals surface area contributed by atoms with Crippen molar-refractivity contribution in [3.8, 4) is 0 Å². The zero-order valence-corrected chi connectivity index (χ0v) is 19.2. The Hall–Kier alpha value is -2.09. The molecular formula is C24H37N3O4. The predicted molar refractivity (Wildman–Crippen MR) is 120 cm³/mol. The van der Waals surface area contributed by atoms with Gasteiger partial charge in [-0.3, -0.25) is 15.0 Å². The number of nitrogens with two attached hydrogens (primary N) is 1. The third-order valence-corrected chi connectivity index (χ3v) is 6.47. The molecule has 31 heavy (non-hydrogen) atoms. The maximum absolute atomic E-state index is 13.2. The molecule has 3 unspecified atom stereocenters. The average molecular weight is 432 g/mol. The number of nitrogens with one attached hydrogen (secondary N) is 1. The highest BCUT2D eigenvalue weighted by Gasteiger charge is 2.52. The standard InChI is InChI=1S/C24H37N3O4/c1-5-17(4)20(25)21(28)24(14-11-15-26-24)23(30)31-22(29)19(27(6-2)7-3)16-18-12-9-8-10-13-18/h8-10,12-13,17,19-20,26H,5-7,11,14-16,25H2,1-4H3/t17?,19?,20?,24-/m1/s1. The zero-order valence-electron chi connectivity index (χ0n) is 19.2. The number of ketones is 1. The molecule has 0 spiro atoms. The number of ether oxygens (including phenoxy) is 1. The van der Waals surface area contributed by atoms with Crippen LogP contribution in [0.4, 0.5) is 0 Å². The van der Waals surface area contributed by atoms with Gasteiger partial charge >= 0.3 is 11.9 Å². The summed E-state index contributed by atoms with van der Waals surface area (Å²) in [6, 6.07) is 8.23. The Kier molecular flexibility index (Phi) is 9.34. The minimum Gasteiger partial charge on any atom is -0.390 e. The van der Waals surface area contributed by atoms with Gasteiger partial charge in [0.05, 0.1) is 6.04 Å². The number of Topliss-reactive ketones (excluding diaryl/α,β-unsaturated/α-hetero) is 1. The fraction of sp³-hybridized carbons (Fsp3) is 0.625. The van der Waals surface area contributed by atoms with Gasteiger partial charge in [0.15, 0.2) is 11.3 Å². The minimum absolute atomic E-state index is 0.0724. The summed E-state index contributed by atoms with van der Waals surface area (Å²) in [6.45, 7) is 9.55. The van der Waals surface area contributed by atoms with E-state index in [1.54, 1.807) is 0 Å². The maximum atomic E-state index is 13.2. The predicted octanol–water partition coefficient (Wildman–Crippen LogP) is 2.07. The van der Waals surface area contributed by atoms with E-state index in [1.165, 1.54) is 0 Å². The molecule has 0 amide bonds. The van der Waals surface area contributed by atoms with E-state index in [4.69, 9.17) is 10.5 Å². The Bertz CT molecular complexity index is 742. The summed E-state index contributed by atoms with van der Waals surface area (Å²) in [5.74, 6) is -1.92. The monoisotopic (exact) mass is 431 g/mol. The molecule has 1 aromatic carbocycles. The molecule has 3 N–H and O–H groups in total. The molecule has 1 saturated heterocycles. The van der Waals surface area contributed by atoms with E-state index >= 15 is 0 Å². The largest absolute Gasteiger partial charge is 0.390 e. The van der Waals surface area contributed by atoms with E-state index in [9.17, 15) is 14.4 Å². The molecule has 2 rings (SSSR count). The van der Waals surface area contributed by atoms with Gasteiger partial charge in [0.25, 0.3) is 0 Å². The zero-order chi connectivity index (χ0) is 23.0. The Balaban J connectivity index is 2.23. The van der Waals surface area contributed by atoms with Crippen LogP contribution in [-0.4, -0.2) is 59.9 Å². The molecule has 1 fully saturated rings. The molecule has 0 aliphatic carbocycles. The van der Waals surface area contributed by atoms with Crippen LogP contribution in [0.1, 0.15) is 52.5 Å². The lowest BCUT2D eigenvalue weighted by Crippen LogP contribution is -2.62. The topological polar surface area (TPSA) is 102 Å². The lowest BCUT2D eigenvalue weighted by atomic mass is 9.83. The van der Waals surface area contributed by atoms with E-state index in [-0.39, 0.29) is 18.1 Å². The highest BCUT2D eigenvalue weighted by molar-refractivity contribution is 6.13. The van der Waals surface area contributed by atoms with Gasteiger partial charge in [-0.15, -0.1) is 0 Å². The molecule has 0 saturated carbocycles. The summed E-state index contributed by atoms with van der Waals surface area (Å²) in [6.07, 6.45) is 2.08. The smallest absolute Gasteiger partial charge is 0.341 e. The molecule has 7 heteroatoms. The second-order valence-corrected chi connectivity index (χ2v) is 8.35. The van der Waals surface area contributed by atoms with Crippen molar-refractivity contribution < 1.29 is 19.1 Å². The molecule has 7 nitrogen and oxygen atoms in total. The van der Waals surface area contributed by atoms with Crippen molar-refractivity contribution in [3.63, 3.8) is 0 Å². The normalized spacial score (nSPS) is 21.5. The number of rotatable bonds is 11. The lowest BCUT2D eigenvalue weighted by molar-refractivity contribution is -0.169. The van der Waals surface area contributed by atoms with Crippen LogP contribution in [0.3, 0.4) is 0 Å². The number of benzene rings is 1. The molecule has 1 aromatic rings. The van der Waals surface area contributed by atoms with Crippen molar-refractivity contribution in [1.82, 2.24) is 10.2 Å². The highest BCUT2D eigenvalue weighted by atomic mass is 16.6. The van der Waals surface area contributed by atoms with Crippen molar-refractivity contribution in [2.24, 2.45) is 11.7 Å². The summed E-state index contributed by atoms with van der Waals surface area (Å²) >= 11 is 0. The summed E-state index contributed by atoms with van der Waals surface area (Å²) in [4.78, 5) is 41.5. The van der Waals surface area contributed by atoms with Crippen molar-refractivity contribution in [2.75, 3.05) is 19.6 Å². The van der Waals surface area contributed by atoms with E-state index in [2.05, 4.69) is 5.32 Å². The second kappa shape index (κ2) is 11.5. The first-order chi connectivity index (χ1) is 14.8. The fourth-order valence-corrected chi connectivity index (χ4v) is 4.14. The summed E-state index contributed by atoms with van der Waals surface area (Å²) < 4.78 is 5.38. The number of likely N-dealkylation sites (N-methyl/N-ethyl adjacent to an activating group) is 1. The van der Waals surface area contributed by atoms with Crippen LogP contribution >= 0.6 is 0 Å². The van der Waals surface area contributed by atoms with E-state index in [1.807, 2.05) is 62.9 Å². The average Bonchev–Trinajstić information content (AvgIpc) is 3.29. The van der Waals surface area contributed by atoms with Gasteiger partial charge in [-0.05, 0) is 50.4 Å². The van der Waals surface area contributed by atoms with Crippen LogP contribution in [0.2, 0.25) is 0 Å². The third-order valence-electron chi connectivity index (χ3n) is 6.47. The fourth-order valence-electron chi connectivity index (χ4n) is 4.14. The number of esters is 2. The van der Waals surface area contributed by atoms with Gasteiger partial charge in [0, 0.05) is 0 Å². The maximum Gasteiger partial charge on any atom is 0.341 e. The van der Waals surface area contributed by atoms with Crippen molar-refractivity contribution >= 4 is 17.7 Å². The van der Waals surface area contributed by atoms with Crippen molar-refractivity contribution in [3.05, 3.63) is 35.9 Å². The number of carbonyl (C=O) groups excluding carboxylic acids is 3. The molecule has 4 atom stereocenters. The van der Waals surface area contributed by atoms with Crippen LogP contribution in [0, 0.1) is 5.92 Å². The van der Waals surface area contributed by atoms with Gasteiger partial charge in [-0.1, -0.05) is 64.4 Å². The Morgan fingerprint density at radius 1 is 1.16 bits per heavy atom. The Morgan fingerprint density at radius 2 is 1.81 bits per heavy atom. The van der Waals surface area contributed by atoms with Crippen LogP contribution in [0.25, 0.3) is 0 Å². The molecule has 0 radical (unpaired) electrons. The SMILES string of the molecule is CCC(C)C(N)C(=O)[C@@]1(C(=O)OC(=O)C(Cc2ccccc2)N(CC)CC)CCCN1. The van der Waals surface area contributed by atoms with E-state index in [0.29, 0.717) is 32.5 Å². The van der Waals surface area contributed by atoms with Gasteiger partial charge in [-0.25, -0.2) is 9.59 Å². The first-order valence-electron chi connectivity index (χ1n) is 11.4. The van der Waals surface area contributed by atoms with Crippen LogP contribution in [0.5, 0.6) is 0 Å². The molecule has 1 aliphatic heterocycles. The quantitative estimate of drug-likeness (QED) is 0.408.